The molecule has 3 aromatic rings. The Morgan fingerprint density at radius 2 is 1.62 bits per heavy atom. The first-order valence-corrected chi connectivity index (χ1v) is 18.1. The van der Waals surface area contributed by atoms with E-state index in [9.17, 15) is 14.4 Å². The number of carbonyl (C=O) groups is 3. The monoisotopic (exact) mass is 729 g/mol. The van der Waals surface area contributed by atoms with Crippen LogP contribution in [0.1, 0.15) is 61.4 Å². The minimum Gasteiger partial charge on any atom is -0.466 e. The molecular weight excluding hydrogens is 685 g/mol. The molecule has 11 nitrogen and oxygen atoms in total. The standard InChI is InChI=1S/C37H45Cl2N3O8/c1-4-48-36(45)23-11-13-25(14-12-23)50-37(41-15-7-8-16-41,42-20-32(46-2)33(21-42)47-3)34(43)18-24-17-29(39)30(19-28(24)38)40-35(44)27-22-49-31-10-6-5-9-26(27)31/h5-6,9-10,17,19,22-23,25,32-33H,4,7-8,11-16,18,20-21H2,1-3H3,(H,40,44)/t23?,25?,32-,33-,37?/m0/s1. The number of hydrogen-bond donors (Lipinski definition) is 1. The molecule has 0 bridgehead atoms. The van der Waals surface area contributed by atoms with Crippen molar-refractivity contribution in [2.24, 2.45) is 5.92 Å². The second-order valence-corrected chi connectivity index (χ2v) is 14.0. The number of amides is 1. The number of Topliss-reactive ketones (excluding diaryl/α,β-unsaturated/α-hetero) is 1. The van der Waals surface area contributed by atoms with Crippen LogP contribution in [0.25, 0.3) is 11.0 Å². The third-order valence-electron chi connectivity index (χ3n) is 10.2. The fourth-order valence-corrected chi connectivity index (χ4v) is 8.06. The van der Waals surface area contributed by atoms with Gasteiger partial charge in [-0.05, 0) is 69.2 Å². The summed E-state index contributed by atoms with van der Waals surface area (Å²) in [6.07, 6.45) is 4.90. The predicted molar refractivity (Wildman–Crippen MR) is 190 cm³/mol. The summed E-state index contributed by atoms with van der Waals surface area (Å²) in [5.74, 6) is -2.36. The number of hydrogen-bond acceptors (Lipinski definition) is 10. The Bertz CT molecular complexity index is 1670. The average Bonchev–Trinajstić information content (AvgIpc) is 3.90. The smallest absolute Gasteiger partial charge is 0.308 e. The highest BCUT2D eigenvalue weighted by atomic mass is 35.5. The number of fused-ring (bicyclic) bond motifs is 1. The van der Waals surface area contributed by atoms with E-state index < -0.39 is 11.8 Å². The lowest BCUT2D eigenvalue weighted by molar-refractivity contribution is -0.254. The van der Waals surface area contributed by atoms with Gasteiger partial charge in [-0.25, -0.2) is 0 Å². The SMILES string of the molecule is CCOC(=O)C1CCC(OC(C(=O)Cc2cc(Cl)c(NC(=O)c3coc4ccccc34)cc2Cl)(N2CCCC2)N2C[C@H](OC)[C@@H](OC)C2)CC1. The van der Waals surface area contributed by atoms with Crippen LogP contribution in [0.15, 0.2) is 47.1 Å². The van der Waals surface area contributed by atoms with E-state index in [1.54, 1.807) is 32.4 Å². The Kier molecular flexibility index (Phi) is 11.8. The topological polar surface area (TPSA) is 120 Å². The normalized spacial score (nSPS) is 24.3. The summed E-state index contributed by atoms with van der Waals surface area (Å²) >= 11 is 13.6. The van der Waals surface area contributed by atoms with E-state index in [2.05, 4.69) is 15.1 Å². The fraction of sp³-hybridized carbons (Fsp3) is 0.541. The molecule has 2 aromatic carbocycles. The van der Waals surface area contributed by atoms with Gasteiger partial charge in [0.05, 0.1) is 47.1 Å². The number of carbonyl (C=O) groups excluding carboxylic acids is 3. The largest absolute Gasteiger partial charge is 0.466 e. The number of anilines is 1. The van der Waals surface area contributed by atoms with Crippen LogP contribution in [0.3, 0.4) is 0 Å². The quantitative estimate of drug-likeness (QED) is 0.200. The first-order valence-electron chi connectivity index (χ1n) is 17.4. The zero-order valence-corrected chi connectivity index (χ0v) is 30.3. The molecule has 3 heterocycles. The van der Waals surface area contributed by atoms with Gasteiger partial charge in [0.25, 0.3) is 5.91 Å². The van der Waals surface area contributed by atoms with Crippen LogP contribution in [0.4, 0.5) is 5.69 Å². The molecule has 1 saturated carbocycles. The molecule has 6 rings (SSSR count). The Balaban J connectivity index is 1.28. The summed E-state index contributed by atoms with van der Waals surface area (Å²) in [6, 6.07) is 10.5. The van der Waals surface area contributed by atoms with Gasteiger partial charge in [-0.2, -0.15) is 0 Å². The number of furan rings is 1. The molecule has 0 spiro atoms. The van der Waals surface area contributed by atoms with Crippen LogP contribution < -0.4 is 5.32 Å². The zero-order chi connectivity index (χ0) is 35.4. The lowest BCUT2D eigenvalue weighted by Crippen LogP contribution is -2.67. The van der Waals surface area contributed by atoms with Crippen molar-refractivity contribution in [2.75, 3.05) is 52.3 Å². The molecule has 2 saturated heterocycles. The average molecular weight is 731 g/mol. The lowest BCUT2D eigenvalue weighted by atomic mass is 9.87. The Labute approximate surface area is 302 Å². The molecule has 1 amide bonds. The van der Waals surface area contributed by atoms with Gasteiger partial charge < -0.3 is 28.7 Å². The molecule has 1 unspecified atom stereocenters. The first kappa shape index (κ1) is 36.8. The van der Waals surface area contributed by atoms with E-state index in [4.69, 9.17) is 46.6 Å². The molecule has 270 valence electrons. The fourth-order valence-electron chi connectivity index (χ4n) is 7.59. The number of nitrogens with zero attached hydrogens (tertiary/aromatic N) is 2. The van der Waals surface area contributed by atoms with Gasteiger partial charge in [0.2, 0.25) is 5.85 Å². The van der Waals surface area contributed by atoms with Crippen LogP contribution in [0.2, 0.25) is 10.0 Å². The first-order chi connectivity index (χ1) is 24.2. The highest BCUT2D eigenvalue weighted by Crippen LogP contribution is 2.39. The summed E-state index contributed by atoms with van der Waals surface area (Å²) in [6.45, 7) is 4.37. The third-order valence-corrected chi connectivity index (χ3v) is 10.9. The molecule has 1 aromatic heterocycles. The number of nitrogens with one attached hydrogen (secondary N) is 1. The number of esters is 1. The maximum absolute atomic E-state index is 15.0. The Morgan fingerprint density at radius 1 is 0.940 bits per heavy atom. The van der Waals surface area contributed by atoms with E-state index >= 15 is 0 Å². The molecule has 1 aliphatic carbocycles. The van der Waals surface area contributed by atoms with Gasteiger partial charge >= 0.3 is 5.97 Å². The summed E-state index contributed by atoms with van der Waals surface area (Å²) in [7, 11) is 3.29. The molecule has 3 aliphatic rings. The predicted octanol–water partition coefficient (Wildman–Crippen LogP) is 6.34. The Morgan fingerprint density at radius 3 is 2.28 bits per heavy atom. The molecular formula is C37H45Cl2N3O8. The number of para-hydroxylation sites is 1. The molecule has 3 fully saturated rings. The number of benzene rings is 2. The number of halogens is 2. The van der Waals surface area contributed by atoms with Crippen LogP contribution >= 0.6 is 23.2 Å². The molecule has 1 N–H and O–H groups in total. The van der Waals surface area contributed by atoms with Crippen molar-refractivity contribution in [1.29, 1.82) is 0 Å². The number of likely N-dealkylation sites (tertiary alicyclic amines) is 2. The van der Waals surface area contributed by atoms with Crippen LogP contribution in [-0.2, 0) is 35.0 Å². The highest BCUT2D eigenvalue weighted by Gasteiger charge is 2.56. The molecule has 3 atom stereocenters. The minimum absolute atomic E-state index is 0.0698. The number of rotatable bonds is 13. The highest BCUT2D eigenvalue weighted by molar-refractivity contribution is 6.36. The van der Waals surface area contributed by atoms with Crippen molar-refractivity contribution in [1.82, 2.24) is 9.80 Å². The van der Waals surface area contributed by atoms with Crippen molar-refractivity contribution in [3.8, 4) is 0 Å². The number of ketones is 1. The van der Waals surface area contributed by atoms with Crippen molar-refractivity contribution >= 4 is 57.5 Å². The van der Waals surface area contributed by atoms with E-state index in [0.29, 0.717) is 86.3 Å². The van der Waals surface area contributed by atoms with E-state index in [0.717, 1.165) is 12.8 Å². The van der Waals surface area contributed by atoms with E-state index in [1.165, 1.54) is 6.26 Å². The zero-order valence-electron chi connectivity index (χ0n) is 28.8. The molecule has 0 radical (unpaired) electrons. The third kappa shape index (κ3) is 7.46. The van der Waals surface area contributed by atoms with Crippen LogP contribution in [0.5, 0.6) is 0 Å². The number of methoxy groups -OCH3 is 2. The number of ether oxygens (including phenoxy) is 4. The van der Waals surface area contributed by atoms with Gasteiger partial charge in [-0.1, -0.05) is 41.4 Å². The molecule has 2 aliphatic heterocycles. The van der Waals surface area contributed by atoms with Gasteiger partial charge in [-0.3, -0.25) is 24.2 Å². The minimum atomic E-state index is -1.42. The van der Waals surface area contributed by atoms with E-state index in [1.807, 2.05) is 25.1 Å². The van der Waals surface area contributed by atoms with Crippen molar-refractivity contribution in [2.45, 2.75) is 76.0 Å². The van der Waals surface area contributed by atoms with Crippen molar-refractivity contribution in [3.63, 3.8) is 0 Å². The van der Waals surface area contributed by atoms with Gasteiger partial charge in [0, 0.05) is 57.2 Å². The van der Waals surface area contributed by atoms with E-state index in [-0.39, 0.29) is 52.4 Å². The summed E-state index contributed by atoms with van der Waals surface area (Å²) in [5, 5.41) is 4.04. The molecule has 50 heavy (non-hydrogen) atoms. The molecule has 13 heteroatoms. The maximum Gasteiger partial charge on any atom is 0.308 e. The van der Waals surface area contributed by atoms with Crippen molar-refractivity contribution in [3.05, 3.63) is 63.8 Å². The maximum atomic E-state index is 15.0. The van der Waals surface area contributed by atoms with Crippen molar-refractivity contribution < 1.29 is 37.7 Å². The van der Waals surface area contributed by atoms with Gasteiger partial charge in [0.1, 0.15) is 11.8 Å². The van der Waals surface area contributed by atoms with Crippen LogP contribution in [0, 0.1) is 5.92 Å². The van der Waals surface area contributed by atoms with Gasteiger partial charge in [-0.15, -0.1) is 0 Å². The summed E-state index contributed by atoms with van der Waals surface area (Å²) in [4.78, 5) is 44.9. The second kappa shape index (κ2) is 16.1. The Hall–Kier alpha value is -3.03. The lowest BCUT2D eigenvalue weighted by Gasteiger charge is -2.48. The summed E-state index contributed by atoms with van der Waals surface area (Å²) in [5.41, 5.74) is 1.79. The van der Waals surface area contributed by atoms with Crippen LogP contribution in [-0.4, -0.2) is 98.6 Å². The van der Waals surface area contributed by atoms with Gasteiger partial charge in [0.15, 0.2) is 5.78 Å². The second-order valence-electron chi connectivity index (χ2n) is 13.2. The summed E-state index contributed by atoms with van der Waals surface area (Å²) < 4.78 is 29.5.